The van der Waals surface area contributed by atoms with Crippen LogP contribution in [0.25, 0.3) is 0 Å². The van der Waals surface area contributed by atoms with Gasteiger partial charge >= 0.3 is 0 Å². The minimum atomic E-state index is -0.00644. The summed E-state index contributed by atoms with van der Waals surface area (Å²) in [5, 5.41) is 20.8. The molecule has 0 aliphatic carbocycles. The summed E-state index contributed by atoms with van der Waals surface area (Å²) in [5.74, 6) is 0.709. The van der Waals surface area contributed by atoms with Gasteiger partial charge in [-0.3, -0.25) is 4.68 Å². The monoisotopic (exact) mass is 534 g/mol. The van der Waals surface area contributed by atoms with Crippen LogP contribution >= 0.6 is 35.6 Å². The van der Waals surface area contributed by atoms with Crippen molar-refractivity contribution in [3.8, 4) is 6.07 Å². The zero-order valence-corrected chi connectivity index (χ0v) is 19.7. The van der Waals surface area contributed by atoms with Gasteiger partial charge in [0.2, 0.25) is 0 Å². The summed E-state index contributed by atoms with van der Waals surface area (Å²) in [6.45, 7) is 3.86. The Bertz CT molecular complexity index is 980. The Labute approximate surface area is 199 Å². The molecular weight excluding hydrogens is 511 g/mol. The highest BCUT2D eigenvalue weighted by atomic mass is 127. The Kier molecular flexibility index (Phi) is 9.64. The molecule has 0 amide bonds. The van der Waals surface area contributed by atoms with Gasteiger partial charge in [-0.25, -0.2) is 4.99 Å². The molecule has 0 fully saturated rings. The lowest BCUT2D eigenvalue weighted by Gasteiger charge is -2.20. The average Bonchev–Trinajstić information content (AvgIpc) is 3.28. The van der Waals surface area contributed by atoms with Crippen LogP contribution in [0.2, 0.25) is 5.02 Å². The number of benzene rings is 2. The highest BCUT2D eigenvalue weighted by Crippen LogP contribution is 2.19. The Balaban J connectivity index is 0.00000320. The van der Waals surface area contributed by atoms with Gasteiger partial charge in [-0.2, -0.15) is 10.4 Å². The molecule has 0 spiro atoms. The molecule has 3 rings (SSSR count). The Morgan fingerprint density at radius 1 is 1.20 bits per heavy atom. The van der Waals surface area contributed by atoms with Crippen LogP contribution in [0, 0.1) is 11.3 Å². The molecule has 0 bridgehead atoms. The van der Waals surface area contributed by atoms with Crippen molar-refractivity contribution in [3.05, 3.63) is 88.7 Å². The van der Waals surface area contributed by atoms with E-state index in [1.165, 1.54) is 0 Å². The predicted molar refractivity (Wildman–Crippen MR) is 131 cm³/mol. The minimum absolute atomic E-state index is 0. The number of hydrogen-bond donors (Lipinski definition) is 2. The smallest absolute Gasteiger partial charge is 0.191 e. The van der Waals surface area contributed by atoms with Crippen molar-refractivity contribution in [2.75, 3.05) is 13.1 Å². The molecule has 0 aliphatic heterocycles. The van der Waals surface area contributed by atoms with E-state index >= 15 is 0 Å². The maximum atomic E-state index is 9.06. The van der Waals surface area contributed by atoms with Crippen molar-refractivity contribution in [3.63, 3.8) is 0 Å². The summed E-state index contributed by atoms with van der Waals surface area (Å²) in [6.07, 6.45) is 3.71. The molecule has 6 nitrogen and oxygen atoms in total. The topological polar surface area (TPSA) is 78.0 Å². The quantitative estimate of drug-likeness (QED) is 0.268. The highest BCUT2D eigenvalue weighted by molar-refractivity contribution is 14.0. The molecule has 1 heterocycles. The van der Waals surface area contributed by atoms with Gasteiger partial charge in [0.1, 0.15) is 0 Å². The molecule has 1 unspecified atom stereocenters. The van der Waals surface area contributed by atoms with Crippen molar-refractivity contribution < 1.29 is 0 Å². The molecule has 0 aliphatic rings. The van der Waals surface area contributed by atoms with Crippen LogP contribution < -0.4 is 10.6 Å². The standard InChI is InChI=1S/C22H23ClN6.HI/c1-2-25-22(26-15-18-6-3-5-17(13-18)14-24)27-16-21(29-12-4-11-28-29)19-7-9-20(23)10-8-19;/h3-13,21H,2,15-16H2,1H3,(H2,25,26,27);1H. The normalized spacial score (nSPS) is 11.8. The lowest BCUT2D eigenvalue weighted by molar-refractivity contribution is 0.511. The van der Waals surface area contributed by atoms with Crippen molar-refractivity contribution in [2.24, 2.45) is 4.99 Å². The molecular formula is C22H24ClIN6. The number of nitrogens with one attached hydrogen (secondary N) is 2. The summed E-state index contributed by atoms with van der Waals surface area (Å²) in [5.41, 5.74) is 2.72. The molecule has 0 radical (unpaired) electrons. The van der Waals surface area contributed by atoms with Gasteiger partial charge in [-0.15, -0.1) is 24.0 Å². The summed E-state index contributed by atoms with van der Waals surface area (Å²) in [4.78, 5) is 4.65. The largest absolute Gasteiger partial charge is 0.357 e. The third kappa shape index (κ3) is 6.75. The number of rotatable bonds is 7. The summed E-state index contributed by atoms with van der Waals surface area (Å²) in [6, 6.07) is 19.3. The maximum absolute atomic E-state index is 9.06. The van der Waals surface area contributed by atoms with Crippen LogP contribution in [0.1, 0.15) is 29.7 Å². The number of hydrogen-bond acceptors (Lipinski definition) is 3. The molecule has 2 N–H and O–H groups in total. The van der Waals surface area contributed by atoms with E-state index < -0.39 is 0 Å². The van der Waals surface area contributed by atoms with Crippen LogP contribution in [-0.2, 0) is 6.54 Å². The zero-order valence-electron chi connectivity index (χ0n) is 16.6. The highest BCUT2D eigenvalue weighted by Gasteiger charge is 2.15. The third-order valence-electron chi connectivity index (χ3n) is 4.38. The van der Waals surface area contributed by atoms with Gasteiger partial charge in [0.05, 0.1) is 24.2 Å². The van der Waals surface area contributed by atoms with Crippen LogP contribution in [0.15, 0.2) is 72.0 Å². The molecule has 2 aromatic carbocycles. The maximum Gasteiger partial charge on any atom is 0.191 e. The first kappa shape index (κ1) is 23.7. The first-order chi connectivity index (χ1) is 14.2. The van der Waals surface area contributed by atoms with Gasteiger partial charge < -0.3 is 10.6 Å². The number of aliphatic imine (C=N–C) groups is 1. The zero-order chi connectivity index (χ0) is 20.5. The van der Waals surface area contributed by atoms with E-state index in [9.17, 15) is 0 Å². The number of guanidine groups is 1. The van der Waals surface area contributed by atoms with E-state index in [1.54, 1.807) is 12.3 Å². The van der Waals surface area contributed by atoms with Crippen LogP contribution in [-0.4, -0.2) is 28.8 Å². The second-order valence-corrected chi connectivity index (χ2v) is 6.88. The van der Waals surface area contributed by atoms with Gasteiger partial charge in [0.25, 0.3) is 0 Å². The molecule has 0 saturated carbocycles. The molecule has 0 saturated heterocycles. The van der Waals surface area contributed by atoms with E-state index in [2.05, 4.69) is 26.8 Å². The Hall–Kier alpha value is -2.57. The Morgan fingerprint density at radius 3 is 2.67 bits per heavy atom. The minimum Gasteiger partial charge on any atom is -0.357 e. The SMILES string of the molecule is CCNC(=NCc1cccc(C#N)c1)NCC(c1ccc(Cl)cc1)n1cccn1.I. The Morgan fingerprint density at radius 2 is 2.00 bits per heavy atom. The van der Waals surface area contributed by atoms with Gasteiger partial charge in [-0.05, 0) is 48.4 Å². The number of aromatic nitrogens is 2. The molecule has 1 aromatic heterocycles. The van der Waals surface area contributed by atoms with Crippen LogP contribution in [0.4, 0.5) is 0 Å². The van der Waals surface area contributed by atoms with E-state index in [0.717, 1.165) is 17.7 Å². The van der Waals surface area contributed by atoms with Gasteiger partial charge in [0, 0.05) is 30.5 Å². The van der Waals surface area contributed by atoms with Gasteiger partial charge in [0.15, 0.2) is 5.96 Å². The fourth-order valence-corrected chi connectivity index (χ4v) is 3.08. The lowest BCUT2D eigenvalue weighted by Crippen LogP contribution is -2.40. The van der Waals surface area contributed by atoms with Crippen molar-refractivity contribution in [1.29, 1.82) is 5.26 Å². The molecule has 156 valence electrons. The fourth-order valence-electron chi connectivity index (χ4n) is 2.96. The van der Waals surface area contributed by atoms with E-state index in [1.807, 2.05) is 66.3 Å². The average molecular weight is 535 g/mol. The molecule has 8 heteroatoms. The predicted octanol–water partition coefficient (Wildman–Crippen LogP) is 4.37. The van der Waals surface area contributed by atoms with E-state index in [-0.39, 0.29) is 30.0 Å². The van der Waals surface area contributed by atoms with Crippen LogP contribution in [0.3, 0.4) is 0 Å². The second-order valence-electron chi connectivity index (χ2n) is 6.44. The van der Waals surface area contributed by atoms with Gasteiger partial charge in [-0.1, -0.05) is 35.9 Å². The number of halogens is 2. The molecule has 1 atom stereocenters. The third-order valence-corrected chi connectivity index (χ3v) is 4.63. The molecule has 30 heavy (non-hydrogen) atoms. The first-order valence-corrected chi connectivity index (χ1v) is 9.83. The fraction of sp³-hybridized carbons (Fsp3) is 0.227. The first-order valence-electron chi connectivity index (χ1n) is 9.45. The van der Waals surface area contributed by atoms with E-state index in [0.29, 0.717) is 29.6 Å². The van der Waals surface area contributed by atoms with Crippen LogP contribution in [0.5, 0.6) is 0 Å². The van der Waals surface area contributed by atoms with Crippen molar-refractivity contribution in [2.45, 2.75) is 19.5 Å². The molecule has 3 aromatic rings. The number of nitrogens with zero attached hydrogens (tertiary/aromatic N) is 4. The second kappa shape index (κ2) is 12.2. The summed E-state index contributed by atoms with van der Waals surface area (Å²) in [7, 11) is 0. The van der Waals surface area contributed by atoms with Crippen molar-refractivity contribution in [1.82, 2.24) is 20.4 Å². The van der Waals surface area contributed by atoms with E-state index in [4.69, 9.17) is 16.9 Å². The number of nitriles is 1. The summed E-state index contributed by atoms with van der Waals surface area (Å²) >= 11 is 6.04. The summed E-state index contributed by atoms with van der Waals surface area (Å²) < 4.78 is 1.91. The van der Waals surface area contributed by atoms with Crippen molar-refractivity contribution >= 4 is 41.5 Å². The lowest BCUT2D eigenvalue weighted by atomic mass is 10.1.